The van der Waals surface area contributed by atoms with Crippen molar-refractivity contribution in [1.82, 2.24) is 4.90 Å². The summed E-state index contributed by atoms with van der Waals surface area (Å²) in [6.07, 6.45) is -0.313. The first-order chi connectivity index (χ1) is 14.9. The summed E-state index contributed by atoms with van der Waals surface area (Å²) in [4.78, 5) is 40.6. The molecule has 2 rings (SSSR count). The Hall–Kier alpha value is -2.87. The van der Waals surface area contributed by atoms with Gasteiger partial charge in [0, 0.05) is 13.1 Å². The third-order valence-electron chi connectivity index (χ3n) is 4.79. The molecule has 8 heteroatoms. The summed E-state index contributed by atoms with van der Waals surface area (Å²) in [6.45, 7) is 10.3. The summed E-state index contributed by atoms with van der Waals surface area (Å²) in [5, 5.41) is 3.09. The maximum Gasteiger partial charge on any atom is 0.341 e. The lowest BCUT2D eigenvalue weighted by Gasteiger charge is -2.18. The number of hydrogen-bond donors (Lipinski definition) is 1. The van der Waals surface area contributed by atoms with Crippen LogP contribution in [0, 0.1) is 6.92 Å². The van der Waals surface area contributed by atoms with E-state index in [0.717, 1.165) is 11.3 Å². The minimum Gasteiger partial charge on any atom is -0.481 e. The SMILES string of the molecule is CCOC(=O)c1c(NC(=O)[C@H](CC)Oc2ccccc2)sc(C(=O)N(CC)CC)c1C. The first-order valence-corrected chi connectivity index (χ1v) is 11.3. The fraction of sp³-hybridized carbons (Fsp3) is 0.435. The van der Waals surface area contributed by atoms with Gasteiger partial charge in [0.2, 0.25) is 0 Å². The molecule has 168 valence electrons. The van der Waals surface area contributed by atoms with Gasteiger partial charge in [-0.05, 0) is 51.8 Å². The van der Waals surface area contributed by atoms with Crippen LogP contribution in [0.25, 0.3) is 0 Å². The van der Waals surface area contributed by atoms with Gasteiger partial charge in [0.15, 0.2) is 6.10 Å². The monoisotopic (exact) mass is 446 g/mol. The number of hydrogen-bond acceptors (Lipinski definition) is 6. The highest BCUT2D eigenvalue weighted by atomic mass is 32.1. The van der Waals surface area contributed by atoms with Crippen molar-refractivity contribution in [2.45, 2.75) is 47.1 Å². The normalized spacial score (nSPS) is 11.5. The molecule has 1 atom stereocenters. The Bertz CT molecular complexity index is 906. The van der Waals surface area contributed by atoms with Crippen LogP contribution in [0.5, 0.6) is 5.75 Å². The van der Waals surface area contributed by atoms with Gasteiger partial charge in [0.05, 0.1) is 17.0 Å². The van der Waals surface area contributed by atoms with Crippen LogP contribution >= 0.6 is 11.3 Å². The largest absolute Gasteiger partial charge is 0.481 e. The van der Waals surface area contributed by atoms with Crippen LogP contribution in [0.1, 0.15) is 59.7 Å². The van der Waals surface area contributed by atoms with Crippen LogP contribution < -0.4 is 10.1 Å². The second-order valence-electron chi connectivity index (χ2n) is 6.78. The van der Waals surface area contributed by atoms with Gasteiger partial charge in [-0.3, -0.25) is 9.59 Å². The minimum absolute atomic E-state index is 0.175. The lowest BCUT2D eigenvalue weighted by Crippen LogP contribution is -2.32. The Morgan fingerprint density at radius 3 is 2.26 bits per heavy atom. The standard InChI is InChI=1S/C23H30N2O5S/c1-6-17(30-16-13-11-10-12-14-16)20(26)24-21-18(23(28)29-9-4)15(5)19(31-21)22(27)25(7-2)8-3/h10-14,17H,6-9H2,1-5H3,(H,24,26)/t17-/m0/s1. The molecule has 0 saturated heterocycles. The summed E-state index contributed by atoms with van der Waals surface area (Å²) in [5.41, 5.74) is 0.720. The third kappa shape index (κ3) is 5.85. The Morgan fingerprint density at radius 1 is 1.06 bits per heavy atom. The van der Waals surface area contributed by atoms with Gasteiger partial charge in [-0.2, -0.15) is 0 Å². The molecule has 2 aromatic rings. The zero-order valence-corrected chi connectivity index (χ0v) is 19.5. The molecule has 0 radical (unpaired) electrons. The van der Waals surface area contributed by atoms with Crippen LogP contribution in [0.3, 0.4) is 0 Å². The van der Waals surface area contributed by atoms with Crippen molar-refractivity contribution in [1.29, 1.82) is 0 Å². The average molecular weight is 447 g/mol. The van der Waals surface area contributed by atoms with Gasteiger partial charge < -0.3 is 19.7 Å². The van der Waals surface area contributed by atoms with Crippen molar-refractivity contribution in [3.8, 4) is 5.75 Å². The molecule has 1 aromatic heterocycles. The molecule has 0 fully saturated rings. The highest BCUT2D eigenvalue weighted by Crippen LogP contribution is 2.35. The lowest BCUT2D eigenvalue weighted by atomic mass is 10.1. The zero-order chi connectivity index (χ0) is 23.0. The Kier molecular flexibility index (Phi) is 9.05. The summed E-state index contributed by atoms with van der Waals surface area (Å²) in [5.74, 6) is -0.553. The molecule has 1 N–H and O–H groups in total. The second kappa shape index (κ2) is 11.5. The molecule has 0 aliphatic carbocycles. The van der Waals surface area contributed by atoms with E-state index >= 15 is 0 Å². The molecule has 0 saturated carbocycles. The van der Waals surface area contributed by atoms with E-state index in [0.29, 0.717) is 40.7 Å². The van der Waals surface area contributed by atoms with Crippen molar-refractivity contribution >= 4 is 34.1 Å². The molecular weight excluding hydrogens is 416 g/mol. The Balaban J connectivity index is 2.36. The fourth-order valence-electron chi connectivity index (χ4n) is 3.09. The van der Waals surface area contributed by atoms with Gasteiger partial charge in [0.1, 0.15) is 10.8 Å². The van der Waals surface area contributed by atoms with Crippen molar-refractivity contribution in [3.63, 3.8) is 0 Å². The van der Waals surface area contributed by atoms with Crippen LogP contribution in [0.4, 0.5) is 5.00 Å². The van der Waals surface area contributed by atoms with Crippen LogP contribution in [-0.4, -0.2) is 48.5 Å². The van der Waals surface area contributed by atoms with Gasteiger partial charge in [0.25, 0.3) is 11.8 Å². The summed E-state index contributed by atoms with van der Waals surface area (Å²) < 4.78 is 11.0. The zero-order valence-electron chi connectivity index (χ0n) is 18.7. The van der Waals surface area contributed by atoms with Crippen molar-refractivity contribution in [3.05, 3.63) is 46.3 Å². The number of carbonyl (C=O) groups excluding carboxylic acids is 3. The van der Waals surface area contributed by atoms with E-state index in [1.165, 1.54) is 0 Å². The van der Waals surface area contributed by atoms with Crippen molar-refractivity contribution in [2.24, 2.45) is 0 Å². The summed E-state index contributed by atoms with van der Waals surface area (Å²) >= 11 is 1.09. The van der Waals surface area contributed by atoms with E-state index in [1.54, 1.807) is 30.9 Å². The van der Waals surface area contributed by atoms with Gasteiger partial charge in [-0.1, -0.05) is 25.1 Å². The first-order valence-electron chi connectivity index (χ1n) is 10.5. The van der Waals surface area contributed by atoms with Gasteiger partial charge in [-0.25, -0.2) is 4.79 Å². The first kappa shape index (κ1) is 24.4. The number of carbonyl (C=O) groups is 3. The lowest BCUT2D eigenvalue weighted by molar-refractivity contribution is -0.122. The smallest absolute Gasteiger partial charge is 0.341 e. The molecule has 0 spiro atoms. The molecule has 0 aliphatic heterocycles. The van der Waals surface area contributed by atoms with Gasteiger partial charge in [-0.15, -0.1) is 11.3 Å². The van der Waals surface area contributed by atoms with E-state index in [1.807, 2.05) is 39.0 Å². The van der Waals surface area contributed by atoms with E-state index < -0.39 is 12.1 Å². The molecule has 0 unspecified atom stereocenters. The highest BCUT2D eigenvalue weighted by molar-refractivity contribution is 7.18. The molecular formula is C23H30N2O5S. The number of benzene rings is 1. The van der Waals surface area contributed by atoms with E-state index in [2.05, 4.69) is 5.32 Å². The van der Waals surface area contributed by atoms with Crippen LogP contribution in [0.2, 0.25) is 0 Å². The predicted molar refractivity (Wildman–Crippen MR) is 122 cm³/mol. The quantitative estimate of drug-likeness (QED) is 0.543. The van der Waals surface area contributed by atoms with Crippen molar-refractivity contribution < 1.29 is 23.9 Å². The molecule has 1 aromatic carbocycles. The minimum atomic E-state index is -0.748. The van der Waals surface area contributed by atoms with Crippen molar-refractivity contribution in [2.75, 3.05) is 25.0 Å². The number of rotatable bonds is 10. The number of nitrogens with one attached hydrogen (secondary N) is 1. The fourth-order valence-corrected chi connectivity index (χ4v) is 4.25. The number of nitrogens with zero attached hydrogens (tertiary/aromatic N) is 1. The average Bonchev–Trinajstić information content (AvgIpc) is 3.09. The maximum absolute atomic E-state index is 12.9. The van der Waals surface area contributed by atoms with Crippen LogP contribution in [-0.2, 0) is 9.53 Å². The number of ether oxygens (including phenoxy) is 2. The Labute approximate surface area is 187 Å². The highest BCUT2D eigenvalue weighted by Gasteiger charge is 2.29. The topological polar surface area (TPSA) is 84.9 Å². The Morgan fingerprint density at radius 2 is 1.71 bits per heavy atom. The molecule has 2 amide bonds. The summed E-state index contributed by atoms with van der Waals surface area (Å²) in [7, 11) is 0. The molecule has 1 heterocycles. The van der Waals surface area contributed by atoms with Crippen LogP contribution in [0.15, 0.2) is 30.3 Å². The maximum atomic E-state index is 12.9. The van der Waals surface area contributed by atoms with E-state index in [9.17, 15) is 14.4 Å². The molecule has 31 heavy (non-hydrogen) atoms. The van der Waals surface area contributed by atoms with Gasteiger partial charge >= 0.3 is 5.97 Å². The molecule has 0 bridgehead atoms. The van der Waals surface area contributed by atoms with E-state index in [4.69, 9.17) is 9.47 Å². The predicted octanol–water partition coefficient (Wildman–Crippen LogP) is 4.51. The number of thiophene rings is 1. The third-order valence-corrected chi connectivity index (χ3v) is 5.99. The number of amides is 2. The molecule has 0 aliphatic rings. The molecule has 7 nitrogen and oxygen atoms in total. The number of para-hydroxylation sites is 1. The number of esters is 1. The summed E-state index contributed by atoms with van der Waals surface area (Å²) in [6, 6.07) is 9.06. The number of anilines is 1. The second-order valence-corrected chi connectivity index (χ2v) is 7.80. The van der Waals surface area contributed by atoms with E-state index in [-0.39, 0.29) is 24.0 Å².